The zero-order valence-electron chi connectivity index (χ0n) is 18.4. The molecule has 3 aromatic carbocycles. The van der Waals surface area contributed by atoms with Crippen LogP contribution in [0.2, 0.25) is 0 Å². The highest BCUT2D eigenvalue weighted by Gasteiger charge is 2.26. The smallest absolute Gasteiger partial charge is 0.255 e. The van der Waals surface area contributed by atoms with Gasteiger partial charge in [-0.25, -0.2) is 13.8 Å². The molecule has 0 saturated heterocycles. The lowest BCUT2D eigenvalue weighted by molar-refractivity contribution is -0.121. The molecule has 0 bridgehead atoms. The number of ether oxygens (including phenoxy) is 1. The van der Waals surface area contributed by atoms with Crippen molar-refractivity contribution in [2.45, 2.75) is 18.2 Å². The van der Waals surface area contributed by atoms with Gasteiger partial charge in [-0.3, -0.25) is 4.79 Å². The van der Waals surface area contributed by atoms with Gasteiger partial charge in [-0.2, -0.15) is 9.41 Å². The van der Waals surface area contributed by atoms with E-state index in [1.165, 1.54) is 22.7 Å². The molecule has 0 saturated carbocycles. The second-order valence-corrected chi connectivity index (χ2v) is 9.09. The number of amides is 1. The Morgan fingerprint density at radius 2 is 1.61 bits per heavy atom. The Labute approximate surface area is 194 Å². The van der Waals surface area contributed by atoms with Crippen LogP contribution in [0.25, 0.3) is 0 Å². The van der Waals surface area contributed by atoms with E-state index in [2.05, 4.69) is 10.5 Å². The number of hydrogen-bond acceptors (Lipinski definition) is 5. The monoisotopic (exact) mass is 465 g/mol. The van der Waals surface area contributed by atoms with Crippen LogP contribution < -0.4 is 10.2 Å². The number of nitrogens with zero attached hydrogens (tertiary/aromatic N) is 2. The van der Waals surface area contributed by atoms with Crippen LogP contribution in [0.4, 0.5) is 0 Å². The molecular formula is C25H27N3O4S. The van der Waals surface area contributed by atoms with E-state index < -0.39 is 15.9 Å². The zero-order valence-corrected chi connectivity index (χ0v) is 19.2. The van der Waals surface area contributed by atoms with Crippen LogP contribution in [0.3, 0.4) is 0 Å². The molecule has 0 aliphatic rings. The molecule has 8 heteroatoms. The minimum absolute atomic E-state index is 0.139. The van der Waals surface area contributed by atoms with Crippen LogP contribution in [0.1, 0.15) is 18.1 Å². The third-order valence-electron chi connectivity index (χ3n) is 4.81. The summed E-state index contributed by atoms with van der Waals surface area (Å²) in [6.07, 6.45) is 1.95. The number of para-hydroxylation sites is 1. The van der Waals surface area contributed by atoms with E-state index >= 15 is 0 Å². The summed E-state index contributed by atoms with van der Waals surface area (Å²) in [5.74, 6) is 0.113. The summed E-state index contributed by atoms with van der Waals surface area (Å²) in [5.41, 5.74) is 4.11. The maximum Gasteiger partial charge on any atom is 0.255 e. The highest BCUT2D eigenvalue weighted by Crippen LogP contribution is 2.17. The Hall–Kier alpha value is -3.49. The lowest BCUT2D eigenvalue weighted by Gasteiger charge is -2.21. The van der Waals surface area contributed by atoms with Gasteiger partial charge in [0.15, 0.2) is 0 Å². The van der Waals surface area contributed by atoms with Gasteiger partial charge in [0.1, 0.15) is 5.75 Å². The number of rotatable bonds is 11. The molecule has 0 unspecified atom stereocenters. The summed E-state index contributed by atoms with van der Waals surface area (Å²) in [4.78, 5) is 12.7. The largest absolute Gasteiger partial charge is 0.493 e. The predicted molar refractivity (Wildman–Crippen MR) is 129 cm³/mol. The Morgan fingerprint density at radius 3 is 2.30 bits per heavy atom. The van der Waals surface area contributed by atoms with Gasteiger partial charge in [0, 0.05) is 12.1 Å². The summed E-state index contributed by atoms with van der Waals surface area (Å²) in [5, 5.41) is 3.98. The first kappa shape index (κ1) is 24.2. The molecule has 0 fully saturated rings. The summed E-state index contributed by atoms with van der Waals surface area (Å²) >= 11 is 0. The molecular weight excluding hydrogens is 438 g/mol. The molecule has 0 spiro atoms. The van der Waals surface area contributed by atoms with Gasteiger partial charge in [-0.05, 0) is 43.2 Å². The van der Waals surface area contributed by atoms with E-state index in [-0.39, 0.29) is 18.0 Å². The van der Waals surface area contributed by atoms with Crippen LogP contribution >= 0.6 is 0 Å². The third kappa shape index (κ3) is 7.00. The van der Waals surface area contributed by atoms with Gasteiger partial charge in [-0.15, -0.1) is 0 Å². The molecule has 3 rings (SSSR count). The molecule has 0 atom stereocenters. The average molecular weight is 466 g/mol. The number of benzene rings is 3. The lowest BCUT2D eigenvalue weighted by Crippen LogP contribution is -2.40. The van der Waals surface area contributed by atoms with Crippen LogP contribution in [-0.4, -0.2) is 44.5 Å². The average Bonchev–Trinajstić information content (AvgIpc) is 2.84. The molecule has 7 nitrogen and oxygen atoms in total. The lowest BCUT2D eigenvalue weighted by atomic mass is 10.1. The normalized spacial score (nSPS) is 11.6. The van der Waals surface area contributed by atoms with Crippen molar-refractivity contribution in [2.75, 3.05) is 19.7 Å². The number of sulfonamides is 1. The van der Waals surface area contributed by atoms with Gasteiger partial charge in [0.25, 0.3) is 5.91 Å². The second-order valence-electron chi connectivity index (χ2n) is 7.15. The first-order chi connectivity index (χ1) is 16.0. The van der Waals surface area contributed by atoms with Crippen LogP contribution in [0.15, 0.2) is 94.9 Å². The Bertz CT molecular complexity index is 1170. The van der Waals surface area contributed by atoms with E-state index in [4.69, 9.17) is 4.74 Å². The van der Waals surface area contributed by atoms with E-state index in [1.54, 1.807) is 18.2 Å². The number of nitrogens with one attached hydrogen (secondary N) is 1. The third-order valence-corrected chi connectivity index (χ3v) is 6.66. The van der Waals surface area contributed by atoms with E-state index in [0.29, 0.717) is 24.3 Å². The summed E-state index contributed by atoms with van der Waals surface area (Å²) in [6.45, 7) is 2.19. The van der Waals surface area contributed by atoms with Crippen molar-refractivity contribution < 1.29 is 17.9 Å². The number of carbonyl (C=O) groups excluding carboxylic acids is 1. The molecule has 33 heavy (non-hydrogen) atoms. The fourth-order valence-corrected chi connectivity index (χ4v) is 4.59. The second kappa shape index (κ2) is 11.9. The summed E-state index contributed by atoms with van der Waals surface area (Å²) in [6, 6.07) is 24.9. The first-order valence-electron chi connectivity index (χ1n) is 10.6. The van der Waals surface area contributed by atoms with Crippen LogP contribution in [0.5, 0.6) is 5.75 Å². The molecule has 1 amide bonds. The van der Waals surface area contributed by atoms with Crippen molar-refractivity contribution in [1.29, 1.82) is 0 Å². The van der Waals surface area contributed by atoms with Gasteiger partial charge in [0.2, 0.25) is 10.0 Å². The van der Waals surface area contributed by atoms with Crippen molar-refractivity contribution >= 4 is 22.1 Å². The van der Waals surface area contributed by atoms with Crippen molar-refractivity contribution in [3.63, 3.8) is 0 Å². The van der Waals surface area contributed by atoms with Gasteiger partial charge in [-0.1, -0.05) is 60.7 Å². The summed E-state index contributed by atoms with van der Waals surface area (Å²) < 4.78 is 33.1. The molecule has 3 aromatic rings. The standard InChI is InChI=1S/C25H27N3O4S/c1-2-32-24-16-10-9-13-22(24)19-26-27-25(29)20-28(18-17-21-11-5-3-6-12-21)33(30,31)23-14-7-4-8-15-23/h3-16,19H,2,17-18,20H2,1H3,(H,27,29)/b26-19+. The SMILES string of the molecule is CCOc1ccccc1/C=N/NC(=O)CN(CCc1ccccc1)S(=O)(=O)c1ccccc1. The molecule has 0 radical (unpaired) electrons. The first-order valence-corrected chi connectivity index (χ1v) is 12.1. The number of hydrazone groups is 1. The molecule has 172 valence electrons. The van der Waals surface area contributed by atoms with E-state index in [1.807, 2.05) is 61.5 Å². The Kier molecular flexibility index (Phi) is 8.74. The fraction of sp³-hybridized carbons (Fsp3) is 0.200. The minimum atomic E-state index is -3.86. The maximum atomic E-state index is 13.2. The Morgan fingerprint density at radius 1 is 0.970 bits per heavy atom. The van der Waals surface area contributed by atoms with Crippen molar-refractivity contribution in [1.82, 2.24) is 9.73 Å². The highest BCUT2D eigenvalue weighted by atomic mass is 32.2. The Balaban J connectivity index is 1.72. The molecule has 0 heterocycles. The minimum Gasteiger partial charge on any atom is -0.493 e. The van der Waals surface area contributed by atoms with Gasteiger partial charge in [0.05, 0.1) is 24.3 Å². The quantitative estimate of drug-likeness (QED) is 0.347. The fourth-order valence-electron chi connectivity index (χ4n) is 3.17. The van der Waals surface area contributed by atoms with Crippen molar-refractivity contribution in [2.24, 2.45) is 5.10 Å². The molecule has 1 N–H and O–H groups in total. The predicted octanol–water partition coefficient (Wildman–Crippen LogP) is 3.47. The van der Waals surface area contributed by atoms with Crippen molar-refractivity contribution in [3.8, 4) is 5.75 Å². The summed E-state index contributed by atoms with van der Waals surface area (Å²) in [7, 11) is -3.86. The van der Waals surface area contributed by atoms with Gasteiger partial charge >= 0.3 is 0 Å². The van der Waals surface area contributed by atoms with Gasteiger partial charge < -0.3 is 4.74 Å². The number of carbonyl (C=O) groups is 1. The molecule has 0 aromatic heterocycles. The highest BCUT2D eigenvalue weighted by molar-refractivity contribution is 7.89. The zero-order chi connectivity index (χ0) is 23.5. The van der Waals surface area contributed by atoms with Crippen LogP contribution in [0, 0.1) is 0 Å². The van der Waals surface area contributed by atoms with Crippen LogP contribution in [-0.2, 0) is 21.2 Å². The molecule has 0 aliphatic heterocycles. The number of hydrogen-bond donors (Lipinski definition) is 1. The topological polar surface area (TPSA) is 88.1 Å². The van der Waals surface area contributed by atoms with Crippen molar-refractivity contribution in [3.05, 3.63) is 96.1 Å². The van der Waals surface area contributed by atoms with E-state index in [0.717, 1.165) is 5.56 Å². The van der Waals surface area contributed by atoms with E-state index in [9.17, 15) is 13.2 Å². The molecule has 0 aliphatic carbocycles. The maximum absolute atomic E-state index is 13.2.